The van der Waals surface area contributed by atoms with Crippen molar-refractivity contribution in [2.75, 3.05) is 5.32 Å². The molecule has 0 bridgehead atoms. The second-order valence-electron chi connectivity index (χ2n) is 4.28. The van der Waals surface area contributed by atoms with Crippen molar-refractivity contribution in [2.45, 2.75) is 19.9 Å². The van der Waals surface area contributed by atoms with Crippen LogP contribution in [0.25, 0.3) is 0 Å². The van der Waals surface area contributed by atoms with Crippen LogP contribution in [0.4, 0.5) is 5.69 Å². The second kappa shape index (κ2) is 5.27. The fourth-order valence-electron chi connectivity index (χ4n) is 1.82. The molecule has 0 saturated carbocycles. The number of aryl methyl sites for hydroxylation is 1. The SMILES string of the molecule is Cc1cnc(Cl)c(NC(C)c2ccccc2O)c1. The van der Waals surface area contributed by atoms with Gasteiger partial charge in [0.2, 0.25) is 0 Å². The monoisotopic (exact) mass is 262 g/mol. The van der Waals surface area contributed by atoms with E-state index < -0.39 is 0 Å². The summed E-state index contributed by atoms with van der Waals surface area (Å²) in [4.78, 5) is 4.09. The zero-order valence-corrected chi connectivity index (χ0v) is 11.1. The van der Waals surface area contributed by atoms with E-state index >= 15 is 0 Å². The Bertz CT molecular complexity index is 557. The van der Waals surface area contributed by atoms with Gasteiger partial charge in [-0.05, 0) is 31.5 Å². The van der Waals surface area contributed by atoms with Crippen molar-refractivity contribution < 1.29 is 5.11 Å². The second-order valence-corrected chi connectivity index (χ2v) is 4.63. The number of halogens is 1. The van der Waals surface area contributed by atoms with E-state index in [1.165, 1.54) is 0 Å². The maximum atomic E-state index is 9.79. The number of benzene rings is 1. The van der Waals surface area contributed by atoms with Crippen LogP contribution in [0.1, 0.15) is 24.1 Å². The van der Waals surface area contributed by atoms with Crippen molar-refractivity contribution in [2.24, 2.45) is 0 Å². The van der Waals surface area contributed by atoms with Crippen LogP contribution in [0.3, 0.4) is 0 Å². The van der Waals surface area contributed by atoms with Gasteiger partial charge in [0.25, 0.3) is 0 Å². The lowest BCUT2D eigenvalue weighted by atomic mass is 10.1. The quantitative estimate of drug-likeness (QED) is 0.824. The smallest absolute Gasteiger partial charge is 0.152 e. The highest BCUT2D eigenvalue weighted by Crippen LogP contribution is 2.29. The van der Waals surface area contributed by atoms with Crippen LogP contribution in [-0.4, -0.2) is 10.1 Å². The Labute approximate surface area is 111 Å². The lowest BCUT2D eigenvalue weighted by Crippen LogP contribution is -2.07. The number of aromatic nitrogens is 1. The number of aromatic hydroxyl groups is 1. The van der Waals surface area contributed by atoms with E-state index in [9.17, 15) is 5.11 Å². The Kier molecular flexibility index (Phi) is 3.72. The van der Waals surface area contributed by atoms with Crippen molar-refractivity contribution in [1.82, 2.24) is 4.98 Å². The molecule has 0 amide bonds. The first-order chi connectivity index (χ1) is 8.58. The highest BCUT2D eigenvalue weighted by Gasteiger charge is 2.11. The van der Waals surface area contributed by atoms with Crippen molar-refractivity contribution in [3.8, 4) is 5.75 Å². The normalized spacial score (nSPS) is 12.2. The van der Waals surface area contributed by atoms with Gasteiger partial charge in [-0.1, -0.05) is 29.8 Å². The van der Waals surface area contributed by atoms with E-state index in [0.717, 1.165) is 16.8 Å². The third-order valence-electron chi connectivity index (χ3n) is 2.75. The predicted molar refractivity (Wildman–Crippen MR) is 74.1 cm³/mol. The van der Waals surface area contributed by atoms with Crippen molar-refractivity contribution in [3.05, 3.63) is 52.8 Å². The fourth-order valence-corrected chi connectivity index (χ4v) is 1.98. The third kappa shape index (κ3) is 2.74. The average molecular weight is 263 g/mol. The molecule has 1 atom stereocenters. The standard InChI is InChI=1S/C14H15ClN2O/c1-9-7-12(14(15)16-8-9)17-10(2)11-5-3-4-6-13(11)18/h3-8,10,17-18H,1-2H3. The van der Waals surface area contributed by atoms with Gasteiger partial charge in [-0.25, -0.2) is 4.98 Å². The first-order valence-electron chi connectivity index (χ1n) is 5.74. The van der Waals surface area contributed by atoms with Crippen LogP contribution in [-0.2, 0) is 0 Å². The number of phenols is 1. The Morgan fingerprint density at radius 1 is 1.33 bits per heavy atom. The van der Waals surface area contributed by atoms with Crippen LogP contribution in [0.2, 0.25) is 5.15 Å². The van der Waals surface area contributed by atoms with Crippen molar-refractivity contribution >= 4 is 17.3 Å². The van der Waals surface area contributed by atoms with Crippen molar-refractivity contribution in [3.63, 3.8) is 0 Å². The molecular formula is C14H15ClN2O. The molecule has 2 rings (SSSR count). The molecule has 2 N–H and O–H groups in total. The van der Waals surface area contributed by atoms with E-state index in [0.29, 0.717) is 5.15 Å². The summed E-state index contributed by atoms with van der Waals surface area (Å²) in [7, 11) is 0. The van der Waals surface area contributed by atoms with Crippen LogP contribution in [0.5, 0.6) is 5.75 Å². The molecule has 0 radical (unpaired) electrons. The summed E-state index contributed by atoms with van der Waals surface area (Å²) in [6, 6.07) is 9.13. The summed E-state index contributed by atoms with van der Waals surface area (Å²) in [6.07, 6.45) is 1.72. The summed E-state index contributed by atoms with van der Waals surface area (Å²) in [5.74, 6) is 0.272. The molecule has 94 valence electrons. The minimum atomic E-state index is -0.0488. The number of nitrogens with one attached hydrogen (secondary N) is 1. The molecule has 0 aliphatic heterocycles. The van der Waals surface area contributed by atoms with Gasteiger partial charge in [0, 0.05) is 11.8 Å². The third-order valence-corrected chi connectivity index (χ3v) is 3.05. The number of anilines is 1. The predicted octanol–water partition coefficient (Wildman–Crippen LogP) is 3.92. The molecular weight excluding hydrogens is 248 g/mol. The van der Waals surface area contributed by atoms with Crippen LogP contribution in [0, 0.1) is 6.92 Å². The molecule has 0 saturated heterocycles. The zero-order valence-electron chi connectivity index (χ0n) is 10.3. The number of para-hydroxylation sites is 1. The minimum absolute atomic E-state index is 0.0488. The van der Waals surface area contributed by atoms with E-state index in [4.69, 9.17) is 11.6 Å². The highest BCUT2D eigenvalue weighted by atomic mass is 35.5. The molecule has 0 spiro atoms. The van der Waals surface area contributed by atoms with E-state index in [1.54, 1.807) is 18.3 Å². The van der Waals surface area contributed by atoms with E-state index in [-0.39, 0.29) is 11.8 Å². The number of rotatable bonds is 3. The molecule has 3 nitrogen and oxygen atoms in total. The molecule has 1 aromatic carbocycles. The van der Waals surface area contributed by atoms with Gasteiger partial charge < -0.3 is 10.4 Å². The van der Waals surface area contributed by atoms with Gasteiger partial charge in [-0.2, -0.15) is 0 Å². The summed E-state index contributed by atoms with van der Waals surface area (Å²) < 4.78 is 0. The molecule has 18 heavy (non-hydrogen) atoms. The molecule has 4 heteroatoms. The first-order valence-corrected chi connectivity index (χ1v) is 6.12. The number of nitrogens with zero attached hydrogens (tertiary/aromatic N) is 1. The van der Waals surface area contributed by atoms with Crippen LogP contribution in [0.15, 0.2) is 36.5 Å². The number of phenolic OH excluding ortho intramolecular Hbond substituents is 1. The zero-order chi connectivity index (χ0) is 13.1. The van der Waals surface area contributed by atoms with Crippen LogP contribution < -0.4 is 5.32 Å². The maximum absolute atomic E-state index is 9.79. The van der Waals surface area contributed by atoms with Gasteiger partial charge in [-0.15, -0.1) is 0 Å². The molecule has 0 aliphatic rings. The summed E-state index contributed by atoms with van der Waals surface area (Å²) >= 11 is 6.03. The number of hydrogen-bond acceptors (Lipinski definition) is 3. The average Bonchev–Trinajstić information content (AvgIpc) is 2.34. The van der Waals surface area contributed by atoms with Gasteiger partial charge in [0.15, 0.2) is 5.15 Å². The highest BCUT2D eigenvalue weighted by molar-refractivity contribution is 6.31. The molecule has 1 heterocycles. The lowest BCUT2D eigenvalue weighted by Gasteiger charge is -2.17. The van der Waals surface area contributed by atoms with E-state index in [2.05, 4.69) is 10.3 Å². The number of hydrogen-bond donors (Lipinski definition) is 2. The number of pyridine rings is 1. The van der Waals surface area contributed by atoms with E-state index in [1.807, 2.05) is 32.0 Å². The Morgan fingerprint density at radius 3 is 2.78 bits per heavy atom. The largest absolute Gasteiger partial charge is 0.508 e. The Hall–Kier alpha value is -1.74. The molecule has 0 aliphatic carbocycles. The van der Waals surface area contributed by atoms with Gasteiger partial charge in [0.05, 0.1) is 11.7 Å². The maximum Gasteiger partial charge on any atom is 0.152 e. The lowest BCUT2D eigenvalue weighted by molar-refractivity contribution is 0.465. The van der Waals surface area contributed by atoms with Crippen molar-refractivity contribution in [1.29, 1.82) is 0 Å². The summed E-state index contributed by atoms with van der Waals surface area (Å²) in [5, 5.41) is 13.5. The Morgan fingerprint density at radius 2 is 2.06 bits per heavy atom. The summed E-state index contributed by atoms with van der Waals surface area (Å²) in [6.45, 7) is 3.92. The first kappa shape index (κ1) is 12.7. The van der Waals surface area contributed by atoms with Gasteiger partial charge in [0.1, 0.15) is 5.75 Å². The Balaban J connectivity index is 2.24. The minimum Gasteiger partial charge on any atom is -0.508 e. The fraction of sp³-hybridized carbons (Fsp3) is 0.214. The summed E-state index contributed by atoms with van der Waals surface area (Å²) in [5.41, 5.74) is 2.63. The molecule has 2 aromatic rings. The van der Waals surface area contributed by atoms with Crippen LogP contribution >= 0.6 is 11.6 Å². The molecule has 1 aromatic heterocycles. The molecule has 1 unspecified atom stereocenters. The molecule has 0 fully saturated rings. The van der Waals surface area contributed by atoms with Gasteiger partial charge >= 0.3 is 0 Å². The topological polar surface area (TPSA) is 45.2 Å². The van der Waals surface area contributed by atoms with Gasteiger partial charge in [-0.3, -0.25) is 0 Å².